The molecule has 3 aromatic rings. The van der Waals surface area contributed by atoms with Gasteiger partial charge >= 0.3 is 12.3 Å². The lowest BCUT2D eigenvalue weighted by atomic mass is 10.0. The van der Waals surface area contributed by atoms with E-state index in [1.165, 1.54) is 31.5 Å². The van der Waals surface area contributed by atoms with Crippen LogP contribution in [-0.2, 0) is 4.74 Å². The highest BCUT2D eigenvalue weighted by Gasteiger charge is 2.33. The summed E-state index contributed by atoms with van der Waals surface area (Å²) < 4.78 is 74.1. The van der Waals surface area contributed by atoms with Crippen LogP contribution in [0.4, 0.5) is 22.0 Å². The van der Waals surface area contributed by atoms with E-state index in [2.05, 4.69) is 24.8 Å². The van der Waals surface area contributed by atoms with E-state index >= 15 is 0 Å². The number of alkyl halides is 3. The molecule has 1 atom stereocenters. The summed E-state index contributed by atoms with van der Waals surface area (Å²) in [6.45, 7) is 4.00. The fourth-order valence-corrected chi connectivity index (χ4v) is 2.80. The first-order valence-electron chi connectivity index (χ1n) is 10.1. The van der Waals surface area contributed by atoms with Gasteiger partial charge in [-0.15, -0.1) is 13.2 Å². The van der Waals surface area contributed by atoms with E-state index in [0.717, 1.165) is 18.3 Å². The largest absolute Gasteiger partial charge is 0.573 e. The molecule has 0 saturated heterocycles. The number of ether oxygens (including phenoxy) is 2. The van der Waals surface area contributed by atoms with Crippen molar-refractivity contribution in [3.8, 4) is 5.75 Å². The van der Waals surface area contributed by atoms with Gasteiger partial charge in [-0.25, -0.2) is 13.6 Å². The van der Waals surface area contributed by atoms with Crippen molar-refractivity contribution in [2.45, 2.75) is 26.3 Å². The van der Waals surface area contributed by atoms with Crippen LogP contribution in [0.25, 0.3) is 0 Å². The van der Waals surface area contributed by atoms with Gasteiger partial charge in [-0.2, -0.15) is 0 Å². The summed E-state index contributed by atoms with van der Waals surface area (Å²) in [6, 6.07) is 5.79. The lowest BCUT2D eigenvalue weighted by Crippen LogP contribution is -2.31. The number of methoxy groups -OCH3 is 1. The van der Waals surface area contributed by atoms with E-state index in [0.29, 0.717) is 12.1 Å². The molecule has 0 spiro atoms. The molecule has 1 amide bonds. The van der Waals surface area contributed by atoms with Gasteiger partial charge in [0.25, 0.3) is 5.91 Å². The third-order valence-corrected chi connectivity index (χ3v) is 4.27. The predicted octanol–water partition coefficient (Wildman–Crippen LogP) is 4.99. The summed E-state index contributed by atoms with van der Waals surface area (Å²) in [5, 5.41) is 2.41. The minimum atomic E-state index is -5.12. The first kappa shape index (κ1) is 27.2. The van der Waals surface area contributed by atoms with Crippen LogP contribution in [-0.4, -0.2) is 35.3 Å². The van der Waals surface area contributed by atoms with Gasteiger partial charge in [-0.3, -0.25) is 14.8 Å². The van der Waals surface area contributed by atoms with Crippen molar-refractivity contribution in [2.24, 2.45) is 0 Å². The number of hydrogen-bond donors (Lipinski definition) is 1. The van der Waals surface area contributed by atoms with Gasteiger partial charge in [0, 0.05) is 12.4 Å². The summed E-state index contributed by atoms with van der Waals surface area (Å²) >= 11 is 0. The standard InChI is InChI=1S/C21H14F5N3O4.C2H6/c1-32-20(31)12-4-6-15(28-10-12)19(30)29-17(18-13(22)3-2-8-27-18)11-5-7-16(14(23)9-11)33-21(24,25)26;1-2/h2-10,17H,1H3,(H,29,30);1-2H3. The fraction of sp³-hybridized carbons (Fsp3) is 0.217. The molecule has 0 saturated carbocycles. The van der Waals surface area contributed by atoms with E-state index in [1.54, 1.807) is 0 Å². The van der Waals surface area contributed by atoms with Crippen LogP contribution in [0.5, 0.6) is 5.75 Å². The monoisotopic (exact) mass is 497 g/mol. The van der Waals surface area contributed by atoms with E-state index in [4.69, 9.17) is 0 Å². The van der Waals surface area contributed by atoms with E-state index in [1.807, 2.05) is 13.8 Å². The summed E-state index contributed by atoms with van der Waals surface area (Å²) in [7, 11) is 1.17. The van der Waals surface area contributed by atoms with Gasteiger partial charge in [-0.05, 0) is 42.0 Å². The Labute approximate surface area is 196 Å². The van der Waals surface area contributed by atoms with Crippen LogP contribution in [0.15, 0.2) is 54.9 Å². The number of esters is 1. The molecular formula is C23H20F5N3O4. The second kappa shape index (κ2) is 11.9. The van der Waals surface area contributed by atoms with E-state index < -0.39 is 41.7 Å². The number of rotatable bonds is 6. The maximum absolute atomic E-state index is 14.4. The Kier molecular flexibility index (Phi) is 9.20. The van der Waals surface area contributed by atoms with Crippen LogP contribution in [0.3, 0.4) is 0 Å². The zero-order valence-electron chi connectivity index (χ0n) is 18.7. The van der Waals surface area contributed by atoms with Gasteiger partial charge < -0.3 is 14.8 Å². The zero-order valence-corrected chi connectivity index (χ0v) is 18.7. The zero-order chi connectivity index (χ0) is 26.2. The van der Waals surface area contributed by atoms with Crippen LogP contribution < -0.4 is 10.1 Å². The van der Waals surface area contributed by atoms with Gasteiger partial charge in [0.15, 0.2) is 11.6 Å². The molecule has 0 aliphatic rings. The molecule has 0 aliphatic carbocycles. The van der Waals surface area contributed by atoms with Crippen LogP contribution in [0.1, 0.15) is 52.0 Å². The molecule has 2 aromatic heterocycles. The molecule has 12 heteroatoms. The van der Waals surface area contributed by atoms with Gasteiger partial charge in [0.05, 0.1) is 18.7 Å². The highest BCUT2D eigenvalue weighted by atomic mass is 19.4. The molecule has 1 aromatic carbocycles. The summed E-state index contributed by atoms with van der Waals surface area (Å²) in [5.74, 6) is -4.87. The minimum absolute atomic E-state index is 0.0729. The summed E-state index contributed by atoms with van der Waals surface area (Å²) in [6.07, 6.45) is -2.82. The van der Waals surface area contributed by atoms with Crippen molar-refractivity contribution in [1.29, 1.82) is 0 Å². The Morgan fingerprint density at radius 3 is 2.26 bits per heavy atom. The second-order valence-corrected chi connectivity index (χ2v) is 6.44. The van der Waals surface area contributed by atoms with Crippen molar-refractivity contribution >= 4 is 11.9 Å². The number of amides is 1. The Hall–Kier alpha value is -4.09. The number of carbonyl (C=O) groups is 2. The molecule has 0 aliphatic heterocycles. The van der Waals surface area contributed by atoms with Gasteiger partial charge in [0.1, 0.15) is 17.2 Å². The smallest absolute Gasteiger partial charge is 0.465 e. The number of pyridine rings is 2. The minimum Gasteiger partial charge on any atom is -0.465 e. The maximum atomic E-state index is 14.4. The third kappa shape index (κ3) is 7.19. The lowest BCUT2D eigenvalue weighted by molar-refractivity contribution is -0.275. The molecule has 3 rings (SSSR count). The Morgan fingerprint density at radius 2 is 1.71 bits per heavy atom. The lowest BCUT2D eigenvalue weighted by Gasteiger charge is -2.20. The molecule has 35 heavy (non-hydrogen) atoms. The Morgan fingerprint density at radius 1 is 1.00 bits per heavy atom. The molecule has 2 heterocycles. The first-order valence-corrected chi connectivity index (χ1v) is 10.1. The number of hydrogen-bond acceptors (Lipinski definition) is 6. The average Bonchev–Trinajstić information content (AvgIpc) is 2.84. The molecule has 7 nitrogen and oxygen atoms in total. The second-order valence-electron chi connectivity index (χ2n) is 6.44. The summed E-state index contributed by atoms with van der Waals surface area (Å²) in [5.41, 5.74) is -0.537. The molecule has 186 valence electrons. The van der Waals surface area contributed by atoms with E-state index in [-0.39, 0.29) is 22.5 Å². The summed E-state index contributed by atoms with van der Waals surface area (Å²) in [4.78, 5) is 31.9. The fourth-order valence-electron chi connectivity index (χ4n) is 2.80. The molecule has 0 fully saturated rings. The number of nitrogens with one attached hydrogen (secondary N) is 1. The number of nitrogens with zero attached hydrogens (tertiary/aromatic N) is 2. The van der Waals surface area contributed by atoms with Crippen LogP contribution in [0, 0.1) is 11.6 Å². The molecule has 0 radical (unpaired) electrons. The number of halogens is 5. The van der Waals surface area contributed by atoms with Crippen molar-refractivity contribution in [2.75, 3.05) is 7.11 Å². The molecule has 0 bridgehead atoms. The predicted molar refractivity (Wildman–Crippen MR) is 114 cm³/mol. The van der Waals surface area contributed by atoms with Crippen molar-refractivity contribution < 1.29 is 41.0 Å². The Bertz CT molecular complexity index is 1170. The highest BCUT2D eigenvalue weighted by molar-refractivity contribution is 5.94. The number of carbonyl (C=O) groups excluding carboxylic acids is 2. The number of aromatic nitrogens is 2. The quantitative estimate of drug-likeness (QED) is 0.382. The normalized spacial score (nSPS) is 11.5. The Balaban J connectivity index is 0.00000210. The SMILES string of the molecule is CC.COC(=O)c1ccc(C(=O)NC(c2ccc(OC(F)(F)F)c(F)c2)c2ncccc2F)nc1. The average molecular weight is 497 g/mol. The van der Waals surface area contributed by atoms with E-state index in [9.17, 15) is 31.5 Å². The van der Waals surface area contributed by atoms with Crippen LogP contribution >= 0.6 is 0 Å². The van der Waals surface area contributed by atoms with Crippen molar-refractivity contribution in [1.82, 2.24) is 15.3 Å². The maximum Gasteiger partial charge on any atom is 0.573 e. The van der Waals surface area contributed by atoms with Crippen molar-refractivity contribution in [3.63, 3.8) is 0 Å². The molecule has 1 unspecified atom stereocenters. The third-order valence-electron chi connectivity index (χ3n) is 4.27. The van der Waals surface area contributed by atoms with Crippen molar-refractivity contribution in [3.05, 3.63) is 89.0 Å². The number of benzene rings is 1. The first-order chi connectivity index (χ1) is 16.6. The van der Waals surface area contributed by atoms with Gasteiger partial charge in [0.2, 0.25) is 0 Å². The topological polar surface area (TPSA) is 90.4 Å². The molecule has 1 N–H and O–H groups in total. The highest BCUT2D eigenvalue weighted by Crippen LogP contribution is 2.30. The molecular weight excluding hydrogens is 477 g/mol. The van der Waals surface area contributed by atoms with Crippen LogP contribution in [0.2, 0.25) is 0 Å². The van der Waals surface area contributed by atoms with Gasteiger partial charge in [-0.1, -0.05) is 19.9 Å².